The van der Waals surface area contributed by atoms with E-state index in [-0.39, 0.29) is 17.6 Å². The molecule has 0 aliphatic carbocycles. The van der Waals surface area contributed by atoms with Gasteiger partial charge in [-0.2, -0.15) is 0 Å². The smallest absolute Gasteiger partial charge is 0.165 e. The van der Waals surface area contributed by atoms with E-state index in [1.54, 1.807) is 12.1 Å². The first kappa shape index (κ1) is 11.9. The molecule has 0 saturated carbocycles. The molecule has 0 spiro atoms. The van der Waals surface area contributed by atoms with Crippen LogP contribution in [0.5, 0.6) is 5.75 Å². The molecule has 84 valence electrons. The Balaban J connectivity index is 2.81. The number of hydrogen-bond acceptors (Lipinski definition) is 3. The summed E-state index contributed by atoms with van der Waals surface area (Å²) in [6.07, 6.45) is 0.646. The summed E-state index contributed by atoms with van der Waals surface area (Å²) in [4.78, 5) is 0. The lowest BCUT2D eigenvalue weighted by Crippen LogP contribution is -2.15. The van der Waals surface area contributed by atoms with E-state index in [9.17, 15) is 4.39 Å². The van der Waals surface area contributed by atoms with Gasteiger partial charge in [0.1, 0.15) is 0 Å². The van der Waals surface area contributed by atoms with Crippen LogP contribution in [0.2, 0.25) is 0 Å². The fourth-order valence-corrected chi connectivity index (χ4v) is 1.37. The minimum atomic E-state index is -0.373. The molecule has 0 amide bonds. The Kier molecular flexibility index (Phi) is 4.52. The summed E-state index contributed by atoms with van der Waals surface area (Å²) < 4.78 is 18.5. The standard InChI is InChI=1S/C11H17FN2O/c1-2-15-11-4-3-8(7-9(11)12)10(14)5-6-13/h3-4,7,10H,2,5-6,13-14H2,1H3. The van der Waals surface area contributed by atoms with E-state index in [1.165, 1.54) is 6.07 Å². The first-order valence-electron chi connectivity index (χ1n) is 5.07. The molecule has 0 saturated heterocycles. The van der Waals surface area contributed by atoms with Crippen LogP contribution in [0.25, 0.3) is 0 Å². The van der Waals surface area contributed by atoms with Crippen LogP contribution in [0.1, 0.15) is 24.9 Å². The predicted molar refractivity (Wildman–Crippen MR) is 58.2 cm³/mol. The Labute approximate surface area is 89.2 Å². The molecule has 3 nitrogen and oxygen atoms in total. The molecule has 0 aliphatic rings. The van der Waals surface area contributed by atoms with E-state index in [4.69, 9.17) is 16.2 Å². The van der Waals surface area contributed by atoms with Crippen LogP contribution in [0, 0.1) is 5.82 Å². The van der Waals surface area contributed by atoms with Crippen molar-refractivity contribution in [2.45, 2.75) is 19.4 Å². The first-order valence-corrected chi connectivity index (χ1v) is 5.07. The van der Waals surface area contributed by atoms with Crippen molar-refractivity contribution in [1.29, 1.82) is 0 Å². The van der Waals surface area contributed by atoms with Crippen LogP contribution >= 0.6 is 0 Å². The van der Waals surface area contributed by atoms with E-state index < -0.39 is 0 Å². The Bertz CT molecular complexity index is 317. The molecule has 1 rings (SSSR count). The number of rotatable bonds is 5. The van der Waals surface area contributed by atoms with Crippen molar-refractivity contribution in [2.24, 2.45) is 11.5 Å². The third-order valence-electron chi connectivity index (χ3n) is 2.16. The highest BCUT2D eigenvalue weighted by Crippen LogP contribution is 2.22. The van der Waals surface area contributed by atoms with Crippen LogP contribution in [-0.2, 0) is 0 Å². The van der Waals surface area contributed by atoms with E-state index in [2.05, 4.69) is 0 Å². The van der Waals surface area contributed by atoms with E-state index in [1.807, 2.05) is 6.92 Å². The Morgan fingerprint density at radius 2 is 2.20 bits per heavy atom. The summed E-state index contributed by atoms with van der Waals surface area (Å²) in [6.45, 7) is 2.76. The van der Waals surface area contributed by atoms with Crippen molar-refractivity contribution >= 4 is 0 Å². The lowest BCUT2D eigenvalue weighted by atomic mass is 10.0. The quantitative estimate of drug-likeness (QED) is 0.778. The molecule has 1 atom stereocenters. The lowest BCUT2D eigenvalue weighted by molar-refractivity contribution is 0.321. The lowest BCUT2D eigenvalue weighted by Gasteiger charge is -2.12. The van der Waals surface area contributed by atoms with Crippen molar-refractivity contribution in [3.05, 3.63) is 29.6 Å². The molecule has 4 N–H and O–H groups in total. The number of benzene rings is 1. The minimum absolute atomic E-state index is 0.208. The first-order chi connectivity index (χ1) is 7.19. The monoisotopic (exact) mass is 212 g/mol. The number of nitrogens with two attached hydrogens (primary N) is 2. The van der Waals surface area contributed by atoms with Gasteiger partial charge in [0.15, 0.2) is 11.6 Å². The second-order valence-electron chi connectivity index (χ2n) is 3.31. The molecule has 1 unspecified atom stereocenters. The largest absolute Gasteiger partial charge is 0.491 e. The summed E-state index contributed by atoms with van der Waals surface area (Å²) in [6, 6.07) is 4.57. The SMILES string of the molecule is CCOc1ccc(C(N)CCN)cc1F. The molecule has 1 aromatic carbocycles. The maximum atomic E-state index is 13.4. The Morgan fingerprint density at radius 1 is 1.47 bits per heavy atom. The summed E-state index contributed by atoms with van der Waals surface area (Å²) in [7, 11) is 0. The molecule has 15 heavy (non-hydrogen) atoms. The molecule has 0 heterocycles. The fraction of sp³-hybridized carbons (Fsp3) is 0.455. The van der Waals surface area contributed by atoms with Gasteiger partial charge in [-0.25, -0.2) is 4.39 Å². The van der Waals surface area contributed by atoms with Gasteiger partial charge in [0.25, 0.3) is 0 Å². The second-order valence-corrected chi connectivity index (χ2v) is 3.31. The fourth-order valence-electron chi connectivity index (χ4n) is 1.37. The highest BCUT2D eigenvalue weighted by atomic mass is 19.1. The average Bonchev–Trinajstić information content (AvgIpc) is 2.21. The molecule has 1 aromatic rings. The zero-order valence-corrected chi connectivity index (χ0v) is 8.87. The van der Waals surface area contributed by atoms with E-state index >= 15 is 0 Å². The van der Waals surface area contributed by atoms with Crippen LogP contribution < -0.4 is 16.2 Å². The maximum absolute atomic E-state index is 13.4. The van der Waals surface area contributed by atoms with Crippen LogP contribution in [-0.4, -0.2) is 13.2 Å². The van der Waals surface area contributed by atoms with Crippen LogP contribution in [0.15, 0.2) is 18.2 Å². The minimum Gasteiger partial charge on any atom is -0.491 e. The molecule has 0 aliphatic heterocycles. The van der Waals surface area contributed by atoms with Crippen molar-refractivity contribution in [1.82, 2.24) is 0 Å². The molecule has 4 heteroatoms. The van der Waals surface area contributed by atoms with E-state index in [0.717, 1.165) is 5.56 Å². The van der Waals surface area contributed by atoms with Gasteiger partial charge in [-0.1, -0.05) is 6.07 Å². The highest BCUT2D eigenvalue weighted by Gasteiger charge is 2.09. The van der Waals surface area contributed by atoms with Gasteiger partial charge in [-0.05, 0) is 37.6 Å². The molecule has 0 fully saturated rings. The van der Waals surface area contributed by atoms with Gasteiger partial charge < -0.3 is 16.2 Å². The van der Waals surface area contributed by atoms with Crippen LogP contribution in [0.4, 0.5) is 4.39 Å². The van der Waals surface area contributed by atoms with Crippen LogP contribution in [0.3, 0.4) is 0 Å². The van der Waals surface area contributed by atoms with Gasteiger partial charge in [0.2, 0.25) is 0 Å². The summed E-state index contributed by atoms with van der Waals surface area (Å²) in [5.41, 5.74) is 11.9. The summed E-state index contributed by atoms with van der Waals surface area (Å²) in [5.74, 6) is -0.108. The number of hydrogen-bond donors (Lipinski definition) is 2. The van der Waals surface area contributed by atoms with Gasteiger partial charge in [-0.3, -0.25) is 0 Å². The predicted octanol–water partition coefficient (Wildman–Crippen LogP) is 1.57. The molecular formula is C11H17FN2O. The second kappa shape index (κ2) is 5.68. The topological polar surface area (TPSA) is 61.3 Å². The summed E-state index contributed by atoms with van der Waals surface area (Å²) >= 11 is 0. The Morgan fingerprint density at radius 3 is 2.73 bits per heavy atom. The number of halogens is 1. The average molecular weight is 212 g/mol. The maximum Gasteiger partial charge on any atom is 0.165 e. The molecule has 0 aromatic heterocycles. The van der Waals surface area contributed by atoms with Gasteiger partial charge in [-0.15, -0.1) is 0 Å². The number of ether oxygens (including phenoxy) is 1. The molecule has 0 radical (unpaired) electrons. The van der Waals surface area contributed by atoms with Crippen molar-refractivity contribution in [3.63, 3.8) is 0 Å². The van der Waals surface area contributed by atoms with Gasteiger partial charge in [0.05, 0.1) is 6.61 Å². The summed E-state index contributed by atoms with van der Waals surface area (Å²) in [5, 5.41) is 0. The van der Waals surface area contributed by atoms with Crippen molar-refractivity contribution in [3.8, 4) is 5.75 Å². The molecule has 0 bridgehead atoms. The zero-order chi connectivity index (χ0) is 11.3. The Hall–Kier alpha value is -1.13. The zero-order valence-electron chi connectivity index (χ0n) is 8.87. The highest BCUT2D eigenvalue weighted by molar-refractivity contribution is 5.30. The van der Waals surface area contributed by atoms with Crippen molar-refractivity contribution < 1.29 is 9.13 Å². The van der Waals surface area contributed by atoms with Gasteiger partial charge >= 0.3 is 0 Å². The molecular weight excluding hydrogens is 195 g/mol. The van der Waals surface area contributed by atoms with Crippen molar-refractivity contribution in [2.75, 3.05) is 13.2 Å². The third-order valence-corrected chi connectivity index (χ3v) is 2.16. The third kappa shape index (κ3) is 3.18. The van der Waals surface area contributed by atoms with E-state index in [0.29, 0.717) is 19.6 Å². The van der Waals surface area contributed by atoms with Gasteiger partial charge in [0, 0.05) is 6.04 Å². The normalized spacial score (nSPS) is 12.5.